The molecule has 2 heterocycles. The Labute approximate surface area is 180 Å². The first-order valence-corrected chi connectivity index (χ1v) is 12.0. The van der Waals surface area contributed by atoms with Gasteiger partial charge in [-0.2, -0.15) is 0 Å². The number of pyridine rings is 1. The molecule has 2 heteroatoms. The molecule has 0 saturated heterocycles. The van der Waals surface area contributed by atoms with E-state index in [1.54, 1.807) is 0 Å². The van der Waals surface area contributed by atoms with E-state index < -0.39 is 0 Å². The quantitative estimate of drug-likeness (QED) is 0.312. The fourth-order valence-electron chi connectivity index (χ4n) is 5.86. The van der Waals surface area contributed by atoms with Gasteiger partial charge in [-0.25, -0.2) is 4.98 Å². The van der Waals surface area contributed by atoms with Gasteiger partial charge < -0.3 is 0 Å². The lowest BCUT2D eigenvalue weighted by atomic mass is 9.71. The summed E-state index contributed by atoms with van der Waals surface area (Å²) in [5.41, 5.74) is 7.04. The molecule has 2 aromatic carbocycles. The van der Waals surface area contributed by atoms with Crippen molar-refractivity contribution in [2.24, 2.45) is 0 Å². The third kappa shape index (κ3) is 2.58. The van der Waals surface area contributed by atoms with Gasteiger partial charge in [0.15, 0.2) is 0 Å². The van der Waals surface area contributed by atoms with Crippen LogP contribution in [0.5, 0.6) is 0 Å². The van der Waals surface area contributed by atoms with Gasteiger partial charge >= 0.3 is 0 Å². The molecule has 2 aromatic heterocycles. The first kappa shape index (κ1) is 19.6. The summed E-state index contributed by atoms with van der Waals surface area (Å²) >= 11 is 0. The molecule has 0 amide bonds. The number of hydrogen-bond acceptors (Lipinski definition) is 1. The van der Waals surface area contributed by atoms with Gasteiger partial charge in [-0.3, -0.25) is 4.40 Å². The second kappa shape index (κ2) is 7.11. The van der Waals surface area contributed by atoms with Crippen molar-refractivity contribution in [2.75, 3.05) is 0 Å². The highest BCUT2D eigenvalue weighted by molar-refractivity contribution is 6.13. The number of hydrogen-bond donors (Lipinski definition) is 0. The van der Waals surface area contributed by atoms with E-state index in [-0.39, 0.29) is 5.41 Å². The third-order valence-electron chi connectivity index (χ3n) is 7.78. The van der Waals surface area contributed by atoms with Crippen LogP contribution in [0.1, 0.15) is 95.5 Å². The highest BCUT2D eigenvalue weighted by Gasteiger charge is 2.38. The fourth-order valence-corrected chi connectivity index (χ4v) is 5.86. The molecule has 3 aliphatic carbocycles. The first-order valence-electron chi connectivity index (χ1n) is 12.0. The monoisotopic (exact) mass is 398 g/mol. The van der Waals surface area contributed by atoms with Crippen LogP contribution in [0.2, 0.25) is 0 Å². The Hall–Kier alpha value is -2.35. The zero-order chi connectivity index (χ0) is 21.0. The molecular formula is C28H34N2. The summed E-state index contributed by atoms with van der Waals surface area (Å²) in [6.07, 6.45) is 6.44. The minimum Gasteiger partial charge on any atom is -0.296 e. The van der Waals surface area contributed by atoms with Gasteiger partial charge in [0.2, 0.25) is 0 Å². The highest BCUT2D eigenvalue weighted by atomic mass is 15.0. The average Bonchev–Trinajstić information content (AvgIpc) is 3.24. The maximum atomic E-state index is 5.39. The number of nitrogens with zero attached hydrogens (tertiary/aromatic N) is 2. The van der Waals surface area contributed by atoms with Crippen LogP contribution in [0.3, 0.4) is 0 Å². The number of fused-ring (bicyclic) bond motifs is 8. The van der Waals surface area contributed by atoms with Crippen molar-refractivity contribution in [1.82, 2.24) is 9.38 Å². The maximum Gasteiger partial charge on any atom is 0.146 e. The van der Waals surface area contributed by atoms with Crippen molar-refractivity contribution in [2.45, 2.75) is 84.0 Å². The van der Waals surface area contributed by atoms with E-state index in [1.165, 1.54) is 70.0 Å². The highest BCUT2D eigenvalue weighted by Crippen LogP contribution is 2.51. The van der Waals surface area contributed by atoms with E-state index in [2.05, 4.69) is 67.6 Å². The number of benzene rings is 2. The minimum absolute atomic E-state index is 0.133. The zero-order valence-electron chi connectivity index (χ0n) is 19.1. The molecule has 0 unspecified atom stereocenters. The summed E-state index contributed by atoms with van der Waals surface area (Å²) in [6, 6.07) is 15.8. The summed E-state index contributed by atoms with van der Waals surface area (Å²) in [7, 11) is 0. The van der Waals surface area contributed by atoms with Gasteiger partial charge in [-0.1, -0.05) is 71.0 Å². The molecule has 0 radical (unpaired) electrons. The maximum absolute atomic E-state index is 5.39. The van der Waals surface area contributed by atoms with E-state index in [9.17, 15) is 0 Å². The molecular weight excluding hydrogens is 364 g/mol. The summed E-state index contributed by atoms with van der Waals surface area (Å²) in [4.78, 5) is 5.39. The number of rotatable bonds is 2. The smallest absolute Gasteiger partial charge is 0.146 e. The van der Waals surface area contributed by atoms with Crippen LogP contribution in [-0.2, 0) is 5.41 Å². The van der Waals surface area contributed by atoms with Crippen LogP contribution in [-0.4, -0.2) is 9.38 Å². The molecule has 1 saturated carbocycles. The summed E-state index contributed by atoms with van der Waals surface area (Å²) in [6.45, 7) is 11.0. The summed E-state index contributed by atoms with van der Waals surface area (Å²) < 4.78 is 2.55. The molecule has 0 atom stereocenters. The standard InChI is InChI=1S/C26H28N2.C2H6/c1-4-26(2,3)20-10-7-9-19-18-8-5-6-11-21(18)28-24-17-14-12-16(13-15-17)23(24)27-25(28)22(19)20;1-2/h5-11,16-17H,4,12-15H2,1-3H3;1-2H3. The predicted molar refractivity (Wildman–Crippen MR) is 129 cm³/mol. The van der Waals surface area contributed by atoms with E-state index in [4.69, 9.17) is 4.98 Å². The first-order chi connectivity index (χ1) is 14.6. The van der Waals surface area contributed by atoms with Gasteiger partial charge in [0, 0.05) is 28.3 Å². The Morgan fingerprint density at radius 3 is 2.30 bits per heavy atom. The Morgan fingerprint density at radius 1 is 0.900 bits per heavy atom. The Kier molecular flexibility index (Phi) is 4.65. The van der Waals surface area contributed by atoms with E-state index in [1.807, 2.05) is 13.8 Å². The molecule has 0 spiro atoms. The largest absolute Gasteiger partial charge is 0.296 e. The van der Waals surface area contributed by atoms with E-state index in [0.717, 1.165) is 6.42 Å². The van der Waals surface area contributed by atoms with E-state index >= 15 is 0 Å². The molecule has 4 aromatic rings. The van der Waals surface area contributed by atoms with Crippen LogP contribution < -0.4 is 0 Å². The second-order valence-electron chi connectivity index (χ2n) is 9.57. The van der Waals surface area contributed by atoms with Gasteiger partial charge in [0.05, 0.1) is 11.2 Å². The van der Waals surface area contributed by atoms with Gasteiger partial charge in [0.25, 0.3) is 0 Å². The van der Waals surface area contributed by atoms with Gasteiger partial charge in [-0.15, -0.1) is 0 Å². The lowest BCUT2D eigenvalue weighted by Gasteiger charge is -2.35. The molecule has 156 valence electrons. The number of imidazole rings is 1. The van der Waals surface area contributed by atoms with Crippen LogP contribution in [0.15, 0.2) is 42.5 Å². The van der Waals surface area contributed by atoms with Crippen molar-refractivity contribution in [1.29, 1.82) is 0 Å². The van der Waals surface area contributed by atoms with Crippen LogP contribution in [0.25, 0.3) is 27.3 Å². The van der Waals surface area contributed by atoms with Crippen molar-refractivity contribution in [3.05, 3.63) is 59.4 Å². The molecule has 30 heavy (non-hydrogen) atoms. The van der Waals surface area contributed by atoms with Crippen molar-refractivity contribution in [3.8, 4) is 0 Å². The minimum atomic E-state index is 0.133. The second-order valence-corrected chi connectivity index (χ2v) is 9.57. The molecule has 2 bridgehead atoms. The van der Waals surface area contributed by atoms with Gasteiger partial charge in [-0.05, 0) is 54.5 Å². The molecule has 2 nitrogen and oxygen atoms in total. The summed E-state index contributed by atoms with van der Waals surface area (Å²) in [5, 5.41) is 4.10. The van der Waals surface area contributed by atoms with Crippen molar-refractivity contribution >= 4 is 27.3 Å². The lowest BCUT2D eigenvalue weighted by Crippen LogP contribution is -2.22. The van der Waals surface area contributed by atoms with E-state index in [0.29, 0.717) is 11.8 Å². The molecule has 1 fully saturated rings. The SMILES string of the molecule is CC.CCC(C)(C)c1cccc2c3ccccc3n3c4c(nc3c12)C1CCC4CC1. The third-order valence-corrected chi connectivity index (χ3v) is 7.78. The van der Waals surface area contributed by atoms with Crippen molar-refractivity contribution < 1.29 is 0 Å². The topological polar surface area (TPSA) is 17.3 Å². The van der Waals surface area contributed by atoms with Crippen LogP contribution >= 0.6 is 0 Å². The number of aromatic nitrogens is 2. The molecule has 3 aliphatic rings. The molecule has 0 N–H and O–H groups in total. The Balaban J connectivity index is 0.000000937. The Bertz CT molecular complexity index is 1240. The summed E-state index contributed by atoms with van der Waals surface area (Å²) in [5.74, 6) is 1.35. The fraction of sp³-hybridized carbons (Fsp3) is 0.464. The molecule has 7 rings (SSSR count). The lowest BCUT2D eigenvalue weighted by molar-refractivity contribution is 0.347. The molecule has 0 aliphatic heterocycles. The van der Waals surface area contributed by atoms with Crippen LogP contribution in [0, 0.1) is 0 Å². The number of para-hydroxylation sites is 1. The van der Waals surface area contributed by atoms with Crippen LogP contribution in [0.4, 0.5) is 0 Å². The zero-order valence-corrected chi connectivity index (χ0v) is 19.1. The van der Waals surface area contributed by atoms with Gasteiger partial charge in [0.1, 0.15) is 5.65 Å². The Morgan fingerprint density at radius 2 is 1.57 bits per heavy atom. The predicted octanol–water partition coefficient (Wildman–Crippen LogP) is 8.11. The van der Waals surface area contributed by atoms with Crippen molar-refractivity contribution in [3.63, 3.8) is 0 Å². The average molecular weight is 399 g/mol. The normalized spacial score (nSPS) is 20.4.